The van der Waals surface area contributed by atoms with E-state index in [1.165, 1.54) is 17.3 Å². The molecule has 0 aromatic heterocycles. The first-order valence-electron chi connectivity index (χ1n) is 8.29. The van der Waals surface area contributed by atoms with Crippen molar-refractivity contribution in [1.82, 2.24) is 5.32 Å². The number of nitrogens with one attached hydrogen (secondary N) is 1. The zero-order valence-corrected chi connectivity index (χ0v) is 14.1. The maximum absolute atomic E-state index is 13.8. The van der Waals surface area contributed by atoms with Crippen molar-refractivity contribution >= 4 is 5.69 Å². The molecular formula is C20H25FN2. The SMILES string of the molecule is CNCCC(c1cccc(F)c1)N1CC(C)(C)c2ccccc21. The van der Waals surface area contributed by atoms with Gasteiger partial charge in [-0.3, -0.25) is 0 Å². The summed E-state index contributed by atoms with van der Waals surface area (Å²) in [7, 11) is 1.96. The van der Waals surface area contributed by atoms with Gasteiger partial charge in [-0.15, -0.1) is 0 Å². The Kier molecular flexibility index (Phi) is 4.40. The molecule has 2 aromatic rings. The summed E-state index contributed by atoms with van der Waals surface area (Å²) in [6.45, 7) is 6.43. The van der Waals surface area contributed by atoms with E-state index in [9.17, 15) is 4.39 Å². The molecule has 0 aliphatic carbocycles. The van der Waals surface area contributed by atoms with Gasteiger partial charge in [0.05, 0.1) is 6.04 Å². The molecule has 1 aliphatic rings. The van der Waals surface area contributed by atoms with Crippen LogP contribution in [0, 0.1) is 5.82 Å². The number of para-hydroxylation sites is 1. The summed E-state index contributed by atoms with van der Waals surface area (Å²) in [5, 5.41) is 3.23. The quantitative estimate of drug-likeness (QED) is 0.887. The molecular weight excluding hydrogens is 287 g/mol. The zero-order valence-electron chi connectivity index (χ0n) is 14.1. The maximum Gasteiger partial charge on any atom is 0.123 e. The predicted octanol–water partition coefficient (Wildman–Crippen LogP) is 4.27. The summed E-state index contributed by atoms with van der Waals surface area (Å²) >= 11 is 0. The van der Waals surface area contributed by atoms with Crippen LogP contribution < -0.4 is 10.2 Å². The summed E-state index contributed by atoms with van der Waals surface area (Å²) < 4.78 is 13.8. The first kappa shape index (κ1) is 16.0. The standard InChI is InChI=1S/C20H25FN2/c1-20(2)14-23(19-10-5-4-9-17(19)20)18(11-12-22-3)15-7-6-8-16(21)13-15/h4-10,13,18,22H,11-12,14H2,1-3H3. The van der Waals surface area contributed by atoms with E-state index in [-0.39, 0.29) is 17.3 Å². The van der Waals surface area contributed by atoms with Gasteiger partial charge in [0.1, 0.15) is 5.82 Å². The third kappa shape index (κ3) is 3.11. The zero-order chi connectivity index (χ0) is 16.4. The summed E-state index contributed by atoms with van der Waals surface area (Å²) in [6, 6.07) is 15.8. The smallest absolute Gasteiger partial charge is 0.123 e. The minimum absolute atomic E-state index is 0.113. The fourth-order valence-electron chi connectivity index (χ4n) is 3.67. The van der Waals surface area contributed by atoms with E-state index < -0.39 is 0 Å². The number of hydrogen-bond donors (Lipinski definition) is 1. The lowest BCUT2D eigenvalue weighted by Gasteiger charge is -2.32. The molecule has 0 bridgehead atoms. The van der Waals surface area contributed by atoms with E-state index in [1.807, 2.05) is 19.2 Å². The minimum Gasteiger partial charge on any atom is -0.363 e. The predicted molar refractivity (Wildman–Crippen MR) is 94.5 cm³/mol. The van der Waals surface area contributed by atoms with Crippen molar-refractivity contribution in [1.29, 1.82) is 0 Å². The van der Waals surface area contributed by atoms with Crippen molar-refractivity contribution in [2.75, 3.05) is 25.0 Å². The molecule has 2 nitrogen and oxygen atoms in total. The Morgan fingerprint density at radius 1 is 1.17 bits per heavy atom. The molecule has 1 atom stereocenters. The van der Waals surface area contributed by atoms with Gasteiger partial charge in [0, 0.05) is 17.6 Å². The van der Waals surface area contributed by atoms with Gasteiger partial charge in [-0.25, -0.2) is 4.39 Å². The van der Waals surface area contributed by atoms with E-state index in [4.69, 9.17) is 0 Å². The molecule has 0 spiro atoms. The molecule has 0 radical (unpaired) electrons. The number of hydrogen-bond acceptors (Lipinski definition) is 2. The highest BCUT2D eigenvalue weighted by Crippen LogP contribution is 2.44. The highest BCUT2D eigenvalue weighted by Gasteiger charge is 2.38. The van der Waals surface area contributed by atoms with Crippen LogP contribution in [-0.4, -0.2) is 20.1 Å². The molecule has 0 amide bonds. The van der Waals surface area contributed by atoms with Crippen LogP contribution in [0.5, 0.6) is 0 Å². The third-order valence-electron chi connectivity index (χ3n) is 4.79. The Morgan fingerprint density at radius 2 is 1.96 bits per heavy atom. The van der Waals surface area contributed by atoms with Crippen molar-refractivity contribution in [3.05, 3.63) is 65.5 Å². The summed E-state index contributed by atoms with van der Waals surface area (Å²) in [5.41, 5.74) is 3.82. The van der Waals surface area contributed by atoms with E-state index in [0.29, 0.717) is 0 Å². The van der Waals surface area contributed by atoms with E-state index in [2.05, 4.69) is 48.3 Å². The number of fused-ring (bicyclic) bond motifs is 1. The van der Waals surface area contributed by atoms with Crippen molar-refractivity contribution in [2.45, 2.75) is 31.7 Å². The molecule has 2 aromatic carbocycles. The lowest BCUT2D eigenvalue weighted by atomic mass is 9.87. The second kappa shape index (κ2) is 6.32. The van der Waals surface area contributed by atoms with Crippen LogP contribution in [0.25, 0.3) is 0 Å². The molecule has 3 rings (SSSR count). The molecule has 0 saturated carbocycles. The Morgan fingerprint density at radius 3 is 2.70 bits per heavy atom. The number of anilines is 1. The number of benzene rings is 2. The van der Waals surface area contributed by atoms with Gasteiger partial charge in [-0.2, -0.15) is 0 Å². The van der Waals surface area contributed by atoms with E-state index in [0.717, 1.165) is 25.1 Å². The lowest BCUT2D eigenvalue weighted by molar-refractivity contribution is 0.495. The average molecular weight is 312 g/mol. The molecule has 0 saturated heterocycles. The van der Waals surface area contributed by atoms with Crippen LogP contribution in [0.2, 0.25) is 0 Å². The van der Waals surface area contributed by atoms with Crippen LogP contribution in [0.1, 0.15) is 37.4 Å². The minimum atomic E-state index is -0.163. The van der Waals surface area contributed by atoms with E-state index in [1.54, 1.807) is 6.07 Å². The Bertz CT molecular complexity index is 681. The Balaban J connectivity index is 2.01. The van der Waals surface area contributed by atoms with Crippen molar-refractivity contribution < 1.29 is 4.39 Å². The largest absolute Gasteiger partial charge is 0.363 e. The molecule has 3 heteroatoms. The fraction of sp³-hybridized carbons (Fsp3) is 0.400. The normalized spacial score (nSPS) is 17.1. The Labute approximate surface area is 138 Å². The highest BCUT2D eigenvalue weighted by molar-refractivity contribution is 5.63. The van der Waals surface area contributed by atoms with Gasteiger partial charge in [-0.1, -0.05) is 44.2 Å². The molecule has 1 aliphatic heterocycles. The van der Waals surface area contributed by atoms with Gasteiger partial charge in [-0.05, 0) is 49.3 Å². The molecule has 1 unspecified atom stereocenters. The lowest BCUT2D eigenvalue weighted by Crippen LogP contribution is -2.33. The number of nitrogens with zero attached hydrogens (tertiary/aromatic N) is 1. The van der Waals surface area contributed by atoms with Crippen LogP contribution in [0.3, 0.4) is 0 Å². The molecule has 122 valence electrons. The van der Waals surface area contributed by atoms with E-state index >= 15 is 0 Å². The van der Waals surface area contributed by atoms with Gasteiger partial charge in [0.15, 0.2) is 0 Å². The van der Waals surface area contributed by atoms with Gasteiger partial charge in [0.2, 0.25) is 0 Å². The monoisotopic (exact) mass is 312 g/mol. The van der Waals surface area contributed by atoms with Crippen molar-refractivity contribution in [3.8, 4) is 0 Å². The number of rotatable bonds is 5. The first-order valence-corrected chi connectivity index (χ1v) is 8.29. The number of halogens is 1. The van der Waals surface area contributed by atoms with Crippen LogP contribution in [-0.2, 0) is 5.41 Å². The van der Waals surface area contributed by atoms with Crippen LogP contribution in [0.15, 0.2) is 48.5 Å². The molecule has 23 heavy (non-hydrogen) atoms. The fourth-order valence-corrected chi connectivity index (χ4v) is 3.67. The second-order valence-corrected chi connectivity index (χ2v) is 6.99. The molecule has 1 N–H and O–H groups in total. The molecule has 1 heterocycles. The van der Waals surface area contributed by atoms with Crippen LogP contribution in [0.4, 0.5) is 10.1 Å². The van der Waals surface area contributed by atoms with Gasteiger partial charge in [0.25, 0.3) is 0 Å². The highest BCUT2D eigenvalue weighted by atomic mass is 19.1. The summed E-state index contributed by atoms with van der Waals surface area (Å²) in [5.74, 6) is -0.163. The third-order valence-corrected chi connectivity index (χ3v) is 4.79. The average Bonchev–Trinajstić information content (AvgIpc) is 2.80. The van der Waals surface area contributed by atoms with Gasteiger partial charge >= 0.3 is 0 Å². The molecule has 0 fully saturated rings. The van der Waals surface area contributed by atoms with Gasteiger partial charge < -0.3 is 10.2 Å². The van der Waals surface area contributed by atoms with Crippen molar-refractivity contribution in [2.24, 2.45) is 0 Å². The maximum atomic E-state index is 13.8. The summed E-state index contributed by atoms with van der Waals surface area (Å²) in [6.07, 6.45) is 0.949. The Hall–Kier alpha value is -1.87. The van der Waals surface area contributed by atoms with Crippen LogP contribution >= 0.6 is 0 Å². The first-order chi connectivity index (χ1) is 11.0. The second-order valence-electron chi connectivity index (χ2n) is 6.99. The van der Waals surface area contributed by atoms with Crippen molar-refractivity contribution in [3.63, 3.8) is 0 Å². The summed E-state index contributed by atoms with van der Waals surface area (Å²) in [4.78, 5) is 2.45. The topological polar surface area (TPSA) is 15.3 Å².